The smallest absolute Gasteiger partial charge is 0.266 e. The quantitative estimate of drug-likeness (QED) is 0.328. The molecule has 158 valence electrons. The van der Waals surface area contributed by atoms with Gasteiger partial charge in [-0.3, -0.25) is 14.2 Å². The monoisotopic (exact) mass is 440 g/mol. The molecule has 0 aliphatic heterocycles. The van der Waals surface area contributed by atoms with Crippen LogP contribution in [0.1, 0.15) is 17.0 Å². The van der Waals surface area contributed by atoms with Crippen LogP contribution in [0, 0.1) is 13.8 Å². The lowest BCUT2D eigenvalue weighted by molar-refractivity contribution is 0.818. The van der Waals surface area contributed by atoms with E-state index in [1.54, 1.807) is 16.7 Å². The van der Waals surface area contributed by atoms with Gasteiger partial charge in [0, 0.05) is 0 Å². The van der Waals surface area contributed by atoms with E-state index in [-0.39, 0.29) is 11.1 Å². The molecule has 5 aromatic rings. The fraction of sp³-hybridized carbons (Fsp3) is 0.120. The molecule has 0 fully saturated rings. The van der Waals surface area contributed by atoms with Crippen LogP contribution in [0.3, 0.4) is 0 Å². The minimum Gasteiger partial charge on any atom is -0.309 e. The normalized spacial score (nSPS) is 11.3. The highest BCUT2D eigenvalue weighted by molar-refractivity contribution is 7.98. The lowest BCUT2D eigenvalue weighted by Gasteiger charge is -2.13. The maximum absolute atomic E-state index is 13.4. The van der Waals surface area contributed by atoms with Crippen LogP contribution in [0.5, 0.6) is 0 Å². The Morgan fingerprint density at radius 1 is 0.875 bits per heavy atom. The number of nitrogens with zero attached hydrogens (tertiary/aromatic N) is 3. The fourth-order valence-corrected chi connectivity index (χ4v) is 4.57. The molecule has 0 radical (unpaired) electrons. The van der Waals surface area contributed by atoms with Gasteiger partial charge in [0.2, 0.25) is 0 Å². The molecule has 5 rings (SSSR count). The summed E-state index contributed by atoms with van der Waals surface area (Å²) in [6.45, 7) is 3.94. The highest BCUT2D eigenvalue weighted by Gasteiger charge is 2.14. The van der Waals surface area contributed by atoms with E-state index in [1.165, 1.54) is 11.8 Å². The van der Waals surface area contributed by atoms with Gasteiger partial charge in [-0.25, -0.2) is 9.97 Å². The Hall–Kier alpha value is -3.71. The molecule has 2 heterocycles. The summed E-state index contributed by atoms with van der Waals surface area (Å²) < 4.78 is 1.62. The van der Waals surface area contributed by atoms with Crippen LogP contribution in [0.4, 0.5) is 0 Å². The molecular formula is C25H20N4O2S. The van der Waals surface area contributed by atoms with E-state index in [0.29, 0.717) is 38.5 Å². The highest BCUT2D eigenvalue weighted by Crippen LogP contribution is 2.24. The number of benzene rings is 3. The second-order valence-corrected chi connectivity index (χ2v) is 8.60. The minimum absolute atomic E-state index is 0.127. The molecule has 32 heavy (non-hydrogen) atoms. The molecule has 0 aliphatic carbocycles. The number of nitrogens with one attached hydrogen (secondary N) is 1. The van der Waals surface area contributed by atoms with Crippen molar-refractivity contribution < 1.29 is 0 Å². The topological polar surface area (TPSA) is 80.6 Å². The molecule has 0 spiro atoms. The summed E-state index contributed by atoms with van der Waals surface area (Å²) in [5, 5.41) is 1.68. The van der Waals surface area contributed by atoms with E-state index < -0.39 is 0 Å². The minimum atomic E-state index is -0.170. The first kappa shape index (κ1) is 20.2. The Bertz CT molecular complexity index is 1590. The Morgan fingerprint density at radius 2 is 1.62 bits per heavy atom. The van der Waals surface area contributed by atoms with Gasteiger partial charge in [0.25, 0.3) is 11.1 Å². The number of hydrogen-bond acceptors (Lipinski definition) is 5. The maximum atomic E-state index is 13.4. The van der Waals surface area contributed by atoms with Crippen LogP contribution in [0.15, 0.2) is 81.5 Å². The summed E-state index contributed by atoms with van der Waals surface area (Å²) in [5.74, 6) is 0.913. The molecule has 2 aromatic heterocycles. The molecule has 6 nitrogen and oxygen atoms in total. The number of rotatable bonds is 4. The maximum Gasteiger partial charge on any atom is 0.266 e. The Labute approximate surface area is 188 Å². The average molecular weight is 441 g/mol. The standard InChI is InChI=1S/C25H20N4O2S/c1-15-10-12-17(13-11-15)29-24(31)18-7-3-4-9-20(18)26-25(29)32-14-21-27-22-16(2)6-5-8-19(22)23(30)28-21/h3-13H,14H2,1-2H3,(H,27,28,30). The van der Waals surface area contributed by atoms with Crippen molar-refractivity contribution in [2.75, 3.05) is 0 Å². The van der Waals surface area contributed by atoms with E-state index in [0.717, 1.165) is 16.8 Å². The van der Waals surface area contributed by atoms with Crippen LogP contribution >= 0.6 is 11.8 Å². The summed E-state index contributed by atoms with van der Waals surface area (Å²) in [4.78, 5) is 38.2. The zero-order valence-electron chi connectivity index (χ0n) is 17.6. The number of H-pyrrole nitrogens is 1. The third kappa shape index (κ3) is 3.61. The number of aryl methyl sites for hydroxylation is 2. The first-order chi connectivity index (χ1) is 15.5. The van der Waals surface area contributed by atoms with Crippen LogP contribution in [0.25, 0.3) is 27.5 Å². The Morgan fingerprint density at radius 3 is 2.44 bits per heavy atom. The molecule has 0 saturated carbocycles. The first-order valence-electron chi connectivity index (χ1n) is 10.2. The van der Waals surface area contributed by atoms with Gasteiger partial charge in [-0.15, -0.1) is 0 Å². The third-order valence-electron chi connectivity index (χ3n) is 5.36. The van der Waals surface area contributed by atoms with Gasteiger partial charge in [0.15, 0.2) is 5.16 Å². The van der Waals surface area contributed by atoms with Crippen molar-refractivity contribution in [2.24, 2.45) is 0 Å². The predicted octanol–water partition coefficient (Wildman–Crippen LogP) is 4.53. The van der Waals surface area contributed by atoms with Gasteiger partial charge >= 0.3 is 0 Å². The number of para-hydroxylation sites is 2. The van der Waals surface area contributed by atoms with E-state index in [9.17, 15) is 9.59 Å². The molecule has 7 heteroatoms. The molecule has 0 atom stereocenters. The lowest BCUT2D eigenvalue weighted by atomic mass is 10.1. The van der Waals surface area contributed by atoms with Gasteiger partial charge in [0.1, 0.15) is 5.82 Å². The van der Waals surface area contributed by atoms with Crippen molar-refractivity contribution in [3.8, 4) is 5.69 Å². The molecule has 3 aromatic carbocycles. The van der Waals surface area contributed by atoms with Crippen molar-refractivity contribution in [3.05, 3.63) is 104 Å². The average Bonchev–Trinajstić information content (AvgIpc) is 2.79. The van der Waals surface area contributed by atoms with Crippen molar-refractivity contribution in [1.29, 1.82) is 0 Å². The third-order valence-corrected chi connectivity index (χ3v) is 6.31. The molecule has 0 bridgehead atoms. The number of aromatic amines is 1. The summed E-state index contributed by atoms with van der Waals surface area (Å²) in [7, 11) is 0. The number of thioether (sulfide) groups is 1. The zero-order valence-corrected chi connectivity index (χ0v) is 18.4. The van der Waals surface area contributed by atoms with Gasteiger partial charge in [-0.1, -0.05) is 53.7 Å². The van der Waals surface area contributed by atoms with Crippen molar-refractivity contribution in [1.82, 2.24) is 19.5 Å². The van der Waals surface area contributed by atoms with Crippen LogP contribution in [-0.2, 0) is 5.75 Å². The fourth-order valence-electron chi connectivity index (χ4n) is 3.68. The summed E-state index contributed by atoms with van der Waals surface area (Å²) in [5.41, 5.74) is 3.83. The highest BCUT2D eigenvalue weighted by atomic mass is 32.2. The van der Waals surface area contributed by atoms with Crippen molar-refractivity contribution in [3.63, 3.8) is 0 Å². The number of hydrogen-bond donors (Lipinski definition) is 1. The molecule has 0 unspecified atom stereocenters. The van der Waals surface area contributed by atoms with Crippen LogP contribution in [-0.4, -0.2) is 19.5 Å². The van der Waals surface area contributed by atoms with Crippen molar-refractivity contribution >= 4 is 33.6 Å². The van der Waals surface area contributed by atoms with E-state index >= 15 is 0 Å². The van der Waals surface area contributed by atoms with Crippen LogP contribution < -0.4 is 11.1 Å². The molecule has 0 aliphatic rings. The molecular weight excluding hydrogens is 420 g/mol. The van der Waals surface area contributed by atoms with E-state index in [2.05, 4.69) is 9.97 Å². The van der Waals surface area contributed by atoms with E-state index in [1.807, 2.05) is 68.4 Å². The molecule has 0 saturated heterocycles. The first-order valence-corrected chi connectivity index (χ1v) is 11.2. The zero-order chi connectivity index (χ0) is 22.2. The second-order valence-electron chi connectivity index (χ2n) is 7.66. The van der Waals surface area contributed by atoms with Crippen LogP contribution in [0.2, 0.25) is 0 Å². The summed E-state index contributed by atoms with van der Waals surface area (Å²) >= 11 is 1.37. The summed E-state index contributed by atoms with van der Waals surface area (Å²) in [6.07, 6.45) is 0. The summed E-state index contributed by atoms with van der Waals surface area (Å²) in [6, 6.07) is 20.6. The van der Waals surface area contributed by atoms with Gasteiger partial charge < -0.3 is 4.98 Å². The van der Waals surface area contributed by atoms with Crippen molar-refractivity contribution in [2.45, 2.75) is 24.8 Å². The Kier molecular flexibility index (Phi) is 5.11. The predicted molar refractivity (Wildman–Crippen MR) is 129 cm³/mol. The lowest BCUT2D eigenvalue weighted by Crippen LogP contribution is -2.22. The Balaban J connectivity index is 1.61. The number of aromatic nitrogens is 4. The second kappa shape index (κ2) is 8.09. The SMILES string of the molecule is Cc1ccc(-n2c(SCc3nc4c(C)cccc4c(=O)[nH]3)nc3ccccc3c2=O)cc1. The largest absolute Gasteiger partial charge is 0.309 e. The van der Waals surface area contributed by atoms with Gasteiger partial charge in [-0.2, -0.15) is 0 Å². The van der Waals surface area contributed by atoms with Gasteiger partial charge in [-0.05, 0) is 49.7 Å². The number of fused-ring (bicyclic) bond motifs is 2. The van der Waals surface area contributed by atoms with E-state index in [4.69, 9.17) is 4.98 Å². The molecule has 0 amide bonds. The molecule has 1 N–H and O–H groups in total. The van der Waals surface area contributed by atoms with Gasteiger partial charge in [0.05, 0.1) is 33.2 Å².